The first-order valence-electron chi connectivity index (χ1n) is 6.50. The van der Waals surface area contributed by atoms with E-state index in [-0.39, 0.29) is 4.88 Å². The van der Waals surface area contributed by atoms with Gasteiger partial charge >= 0.3 is 5.97 Å². The second-order valence-electron chi connectivity index (χ2n) is 4.56. The van der Waals surface area contributed by atoms with Crippen LogP contribution in [0.1, 0.15) is 26.0 Å². The highest BCUT2D eigenvalue weighted by Crippen LogP contribution is 2.26. The molecule has 3 aromatic rings. The molecule has 0 spiro atoms. The van der Waals surface area contributed by atoms with E-state index in [1.165, 1.54) is 18.3 Å². The Kier molecular flexibility index (Phi) is 3.98. The normalized spacial score (nSPS) is 11.2. The van der Waals surface area contributed by atoms with Gasteiger partial charge in [-0.25, -0.2) is 14.2 Å². The Hall–Kier alpha value is -2.87. The lowest BCUT2D eigenvalue weighted by Gasteiger charge is -1.97. The molecule has 0 unspecified atom stereocenters. The summed E-state index contributed by atoms with van der Waals surface area (Å²) in [5, 5.41) is 13.4. The average Bonchev–Trinajstić information content (AvgIpc) is 3.13. The number of carboxylic acid groups (broad SMARTS) is 1. The maximum Gasteiger partial charge on any atom is 0.347 e. The fraction of sp³-hybridized carbons (Fsp3) is 0.0667. The van der Waals surface area contributed by atoms with Crippen molar-refractivity contribution < 1.29 is 18.8 Å². The van der Waals surface area contributed by atoms with Gasteiger partial charge in [0.05, 0.1) is 18.1 Å². The van der Waals surface area contributed by atoms with E-state index in [9.17, 15) is 9.18 Å². The first-order chi connectivity index (χ1) is 11.0. The minimum absolute atomic E-state index is 0.159. The van der Waals surface area contributed by atoms with Gasteiger partial charge in [-0.3, -0.25) is 4.98 Å². The molecule has 0 aliphatic heterocycles. The number of aromatic carboxylic acids is 1. The van der Waals surface area contributed by atoms with E-state index in [4.69, 9.17) is 9.63 Å². The molecule has 8 heteroatoms. The lowest BCUT2D eigenvalue weighted by molar-refractivity contribution is 0.0702. The molecular weight excluding hydrogens is 321 g/mol. The number of aromatic nitrogens is 3. The Morgan fingerprint density at radius 2 is 2.13 bits per heavy atom. The quantitative estimate of drug-likeness (QED) is 0.787. The molecule has 3 rings (SSSR count). The Labute approximate surface area is 133 Å². The zero-order valence-corrected chi connectivity index (χ0v) is 12.7. The van der Waals surface area contributed by atoms with Gasteiger partial charge in [-0.15, -0.1) is 11.3 Å². The average molecular weight is 331 g/mol. The van der Waals surface area contributed by atoms with Gasteiger partial charge in [0.25, 0.3) is 0 Å². The zero-order valence-electron chi connectivity index (χ0n) is 11.9. The molecule has 0 atom stereocenters. The van der Waals surface area contributed by atoms with Gasteiger partial charge in [0, 0.05) is 5.56 Å². The van der Waals surface area contributed by atoms with Gasteiger partial charge < -0.3 is 9.63 Å². The Balaban J connectivity index is 1.93. The molecular formula is C15H10FN3O3S. The van der Waals surface area contributed by atoms with E-state index in [1.807, 2.05) is 0 Å². The predicted octanol–water partition coefficient (Wildman–Crippen LogP) is 3.51. The van der Waals surface area contributed by atoms with E-state index in [0.29, 0.717) is 27.7 Å². The maximum atomic E-state index is 13.0. The summed E-state index contributed by atoms with van der Waals surface area (Å²) in [5.41, 5.74) is 1.64. The first-order valence-corrected chi connectivity index (χ1v) is 7.31. The highest BCUT2D eigenvalue weighted by atomic mass is 32.1. The van der Waals surface area contributed by atoms with E-state index < -0.39 is 11.8 Å². The number of hydrogen-bond donors (Lipinski definition) is 1. The standard InChI is InChI=1S/C15H10FN3O3S/c1-8-10(3-5-13-18-7-12(23-13)15(20)21)14(19-22-8)11-4-2-9(16)6-17-11/h2-7H,1H3,(H,20,21)/b5-3+. The summed E-state index contributed by atoms with van der Waals surface area (Å²) in [6, 6.07) is 2.80. The van der Waals surface area contributed by atoms with E-state index in [0.717, 1.165) is 17.5 Å². The van der Waals surface area contributed by atoms with Gasteiger partial charge in [-0.2, -0.15) is 0 Å². The van der Waals surface area contributed by atoms with Crippen LogP contribution >= 0.6 is 11.3 Å². The molecule has 6 nitrogen and oxygen atoms in total. The third kappa shape index (κ3) is 3.16. The minimum Gasteiger partial charge on any atom is -0.477 e. The van der Waals surface area contributed by atoms with Crippen molar-refractivity contribution in [3.63, 3.8) is 0 Å². The molecule has 0 aromatic carbocycles. The van der Waals surface area contributed by atoms with Crippen molar-refractivity contribution in [2.24, 2.45) is 0 Å². The third-order valence-corrected chi connectivity index (χ3v) is 3.96. The van der Waals surface area contributed by atoms with Crippen molar-refractivity contribution in [1.29, 1.82) is 0 Å². The van der Waals surface area contributed by atoms with Crippen LogP contribution in [0, 0.1) is 12.7 Å². The van der Waals surface area contributed by atoms with Crippen LogP contribution in [-0.2, 0) is 0 Å². The molecule has 0 radical (unpaired) electrons. The van der Waals surface area contributed by atoms with Crippen LogP contribution < -0.4 is 0 Å². The van der Waals surface area contributed by atoms with Crippen LogP contribution in [0.4, 0.5) is 4.39 Å². The number of pyridine rings is 1. The lowest BCUT2D eigenvalue weighted by Crippen LogP contribution is -1.89. The fourth-order valence-corrected chi connectivity index (χ4v) is 2.55. The van der Waals surface area contributed by atoms with Gasteiger partial charge in [0.15, 0.2) is 0 Å². The molecule has 116 valence electrons. The molecule has 3 aromatic heterocycles. The van der Waals surface area contributed by atoms with Crippen molar-refractivity contribution in [3.8, 4) is 11.4 Å². The number of rotatable bonds is 4. The van der Waals surface area contributed by atoms with Gasteiger partial charge in [0.2, 0.25) is 0 Å². The monoisotopic (exact) mass is 331 g/mol. The van der Waals surface area contributed by atoms with Crippen LogP contribution in [0.25, 0.3) is 23.5 Å². The van der Waals surface area contributed by atoms with Crippen LogP contribution in [0.3, 0.4) is 0 Å². The summed E-state index contributed by atoms with van der Waals surface area (Å²) in [7, 11) is 0. The second-order valence-corrected chi connectivity index (χ2v) is 5.63. The SMILES string of the molecule is Cc1onc(-c2ccc(F)cn2)c1/C=C/c1ncc(C(=O)O)s1. The van der Waals surface area contributed by atoms with Crippen molar-refractivity contribution in [2.75, 3.05) is 0 Å². The highest BCUT2D eigenvalue weighted by Gasteiger charge is 2.14. The van der Waals surface area contributed by atoms with E-state index in [1.54, 1.807) is 19.1 Å². The molecule has 1 N–H and O–H groups in total. The molecule has 0 amide bonds. The Morgan fingerprint density at radius 1 is 1.30 bits per heavy atom. The van der Waals surface area contributed by atoms with Crippen LogP contribution in [0.5, 0.6) is 0 Å². The molecule has 0 aliphatic rings. The number of hydrogen-bond acceptors (Lipinski definition) is 6. The topological polar surface area (TPSA) is 89.1 Å². The number of carbonyl (C=O) groups is 1. The second kappa shape index (κ2) is 6.09. The number of aryl methyl sites for hydroxylation is 1. The smallest absolute Gasteiger partial charge is 0.347 e. The molecule has 0 aliphatic carbocycles. The predicted molar refractivity (Wildman–Crippen MR) is 82.4 cm³/mol. The van der Waals surface area contributed by atoms with E-state index >= 15 is 0 Å². The number of carboxylic acids is 1. The summed E-state index contributed by atoms with van der Waals surface area (Å²) in [4.78, 5) is 19.0. The van der Waals surface area contributed by atoms with Gasteiger partial charge in [0.1, 0.15) is 27.2 Å². The molecule has 0 saturated carbocycles. The van der Waals surface area contributed by atoms with Gasteiger partial charge in [-0.1, -0.05) is 5.16 Å². The first kappa shape index (κ1) is 15.0. The number of nitrogens with zero attached hydrogens (tertiary/aromatic N) is 3. The van der Waals surface area contributed by atoms with Crippen molar-refractivity contribution in [3.05, 3.63) is 51.6 Å². The molecule has 0 bridgehead atoms. The summed E-state index contributed by atoms with van der Waals surface area (Å²) in [6.45, 7) is 1.74. The maximum absolute atomic E-state index is 13.0. The minimum atomic E-state index is -1.01. The van der Waals surface area contributed by atoms with Crippen LogP contribution in [-0.4, -0.2) is 26.2 Å². The summed E-state index contributed by atoms with van der Waals surface area (Å²) < 4.78 is 18.1. The lowest BCUT2D eigenvalue weighted by atomic mass is 10.1. The van der Waals surface area contributed by atoms with Gasteiger partial charge in [-0.05, 0) is 31.2 Å². The highest BCUT2D eigenvalue weighted by molar-refractivity contribution is 7.14. The number of thiazole rings is 1. The Bertz CT molecular complexity index is 884. The molecule has 3 heterocycles. The summed E-state index contributed by atoms with van der Waals surface area (Å²) >= 11 is 1.06. The molecule has 0 saturated heterocycles. The third-order valence-electron chi connectivity index (χ3n) is 3.01. The van der Waals surface area contributed by atoms with Crippen molar-refractivity contribution in [1.82, 2.24) is 15.1 Å². The largest absolute Gasteiger partial charge is 0.477 e. The molecule has 0 fully saturated rings. The molecule has 23 heavy (non-hydrogen) atoms. The van der Waals surface area contributed by atoms with Crippen LogP contribution in [0.15, 0.2) is 29.0 Å². The van der Waals surface area contributed by atoms with Crippen molar-refractivity contribution in [2.45, 2.75) is 6.92 Å². The zero-order chi connectivity index (χ0) is 16.4. The number of halogens is 1. The van der Waals surface area contributed by atoms with Crippen LogP contribution in [0.2, 0.25) is 0 Å². The summed E-state index contributed by atoms with van der Waals surface area (Å²) in [6.07, 6.45) is 5.79. The fourth-order valence-electron chi connectivity index (χ4n) is 1.89. The van der Waals surface area contributed by atoms with E-state index in [2.05, 4.69) is 15.1 Å². The van der Waals surface area contributed by atoms with Crippen molar-refractivity contribution >= 4 is 29.5 Å². The summed E-state index contributed by atoms with van der Waals surface area (Å²) in [5.74, 6) is -0.882. The Morgan fingerprint density at radius 3 is 2.78 bits per heavy atom.